The molecule has 0 heterocycles. The number of aliphatic imine (C=N–C) groups is 1. The van der Waals surface area contributed by atoms with E-state index < -0.39 is 17.2 Å². The van der Waals surface area contributed by atoms with Gasteiger partial charge < -0.3 is 21.1 Å². The molecule has 0 unspecified atom stereocenters. The zero-order valence-electron chi connectivity index (χ0n) is 13.6. The van der Waals surface area contributed by atoms with Crippen molar-refractivity contribution in [3.05, 3.63) is 22.4 Å². The first-order valence-corrected chi connectivity index (χ1v) is 7.79. The van der Waals surface area contributed by atoms with Gasteiger partial charge in [-0.05, 0) is 50.5 Å². The molecule has 8 heteroatoms. The number of carbonyl (C=O) groups excluding carboxylic acids is 1. The third-order valence-electron chi connectivity index (χ3n) is 2.09. The maximum atomic E-state index is 11.6. The Kier molecular flexibility index (Phi) is 7.97. The minimum Gasteiger partial charge on any atom is -0.444 e. The zero-order chi connectivity index (χ0) is 17.6. The highest BCUT2D eigenvalue weighted by Crippen LogP contribution is 2.13. The number of ether oxygens (including phenoxy) is 1. The van der Waals surface area contributed by atoms with Gasteiger partial charge in [0.2, 0.25) is 0 Å². The first kappa shape index (κ1) is 20.8. The van der Waals surface area contributed by atoms with E-state index in [4.69, 9.17) is 22.1 Å². The minimum absolute atomic E-state index is 0.260. The summed E-state index contributed by atoms with van der Waals surface area (Å²) in [7, 11) is 0. The van der Waals surface area contributed by atoms with Crippen LogP contribution in [0.5, 0.6) is 0 Å². The smallest absolute Gasteiger partial charge is 0.407 e. The van der Waals surface area contributed by atoms with Gasteiger partial charge in [-0.1, -0.05) is 18.2 Å². The van der Waals surface area contributed by atoms with E-state index in [-0.39, 0.29) is 17.5 Å². The average molecular weight is 396 g/mol. The Morgan fingerprint density at radius 3 is 2.41 bits per heavy atom. The van der Waals surface area contributed by atoms with Crippen LogP contribution in [0.3, 0.4) is 0 Å². The summed E-state index contributed by atoms with van der Waals surface area (Å²) < 4.78 is 5.69. The molecular formula is C14H24BrClN4O2. The van der Waals surface area contributed by atoms with Crippen LogP contribution in [-0.4, -0.2) is 29.6 Å². The van der Waals surface area contributed by atoms with Crippen molar-refractivity contribution in [2.75, 3.05) is 6.54 Å². The molecule has 0 aliphatic carbocycles. The molecule has 0 radical (unpaired) electrons. The van der Waals surface area contributed by atoms with Crippen LogP contribution in [0.15, 0.2) is 27.4 Å². The molecule has 0 fully saturated rings. The van der Waals surface area contributed by atoms with Crippen LogP contribution in [0.4, 0.5) is 4.79 Å². The Morgan fingerprint density at radius 1 is 1.41 bits per heavy atom. The average Bonchev–Trinajstić information content (AvgIpc) is 2.31. The maximum absolute atomic E-state index is 11.6. The summed E-state index contributed by atoms with van der Waals surface area (Å²) in [6, 6.07) is 0. The summed E-state index contributed by atoms with van der Waals surface area (Å²) in [6.45, 7) is 12.8. The zero-order valence-corrected chi connectivity index (χ0v) is 15.9. The van der Waals surface area contributed by atoms with Gasteiger partial charge in [-0.25, -0.2) is 4.79 Å². The summed E-state index contributed by atoms with van der Waals surface area (Å²) in [5.41, 5.74) is 4.73. The van der Waals surface area contributed by atoms with Crippen molar-refractivity contribution in [1.29, 1.82) is 0 Å². The lowest BCUT2D eigenvalue weighted by Gasteiger charge is -2.24. The minimum atomic E-state index is -0.605. The molecule has 22 heavy (non-hydrogen) atoms. The lowest BCUT2D eigenvalue weighted by atomic mass is 10.1. The molecule has 0 spiro atoms. The number of nitrogens with one attached hydrogen (secondary N) is 2. The molecule has 0 aliphatic rings. The van der Waals surface area contributed by atoms with E-state index in [9.17, 15) is 4.79 Å². The quantitative estimate of drug-likeness (QED) is 0.366. The summed E-state index contributed by atoms with van der Waals surface area (Å²) in [5.74, 6) is 0.265. The van der Waals surface area contributed by atoms with E-state index in [0.717, 1.165) is 0 Å². The van der Waals surface area contributed by atoms with Crippen LogP contribution in [0, 0.1) is 0 Å². The predicted molar refractivity (Wildman–Crippen MR) is 95.1 cm³/mol. The molecule has 0 aliphatic heterocycles. The summed E-state index contributed by atoms with van der Waals surface area (Å²) >= 11 is 8.86. The normalized spacial score (nSPS) is 13.6. The van der Waals surface area contributed by atoms with Crippen molar-refractivity contribution in [1.82, 2.24) is 10.6 Å². The van der Waals surface area contributed by atoms with Crippen molar-refractivity contribution in [3.8, 4) is 0 Å². The van der Waals surface area contributed by atoms with Crippen molar-refractivity contribution in [2.24, 2.45) is 10.7 Å². The Bertz CT molecular complexity index is 482. The summed E-state index contributed by atoms with van der Waals surface area (Å²) in [6.07, 6.45) is 1.04. The summed E-state index contributed by atoms with van der Waals surface area (Å²) in [5, 5.41) is 5.62. The number of alkyl carbamates (subject to hydrolysis) is 1. The van der Waals surface area contributed by atoms with Crippen LogP contribution in [-0.2, 0) is 4.74 Å². The van der Waals surface area contributed by atoms with Crippen LogP contribution in [0.2, 0.25) is 0 Å². The molecule has 1 amide bonds. The topological polar surface area (TPSA) is 88.7 Å². The van der Waals surface area contributed by atoms with Gasteiger partial charge >= 0.3 is 6.09 Å². The summed E-state index contributed by atoms with van der Waals surface area (Å²) in [4.78, 5) is 16.0. The van der Waals surface area contributed by atoms with Gasteiger partial charge in [-0.3, -0.25) is 4.99 Å². The Balaban J connectivity index is 4.67. The molecule has 0 bridgehead atoms. The molecule has 0 aromatic rings. The molecule has 126 valence electrons. The number of nitrogens with zero attached hydrogens (tertiary/aromatic N) is 1. The SMILES string of the molecule is C=C(Cl)NC=C(Br)C(N)=NC(C)(C)CNC(=O)OC(C)(C)C. The second-order valence-electron chi connectivity index (χ2n) is 6.21. The molecule has 0 aromatic carbocycles. The van der Waals surface area contributed by atoms with Gasteiger partial charge in [0.1, 0.15) is 11.4 Å². The molecule has 0 saturated heterocycles. The number of amidine groups is 1. The number of rotatable bonds is 6. The fraction of sp³-hybridized carbons (Fsp3) is 0.571. The van der Waals surface area contributed by atoms with Crippen molar-refractivity contribution in [2.45, 2.75) is 45.8 Å². The Labute approximate surface area is 145 Å². The highest BCUT2D eigenvalue weighted by atomic mass is 79.9. The number of nitrogens with two attached hydrogens (primary N) is 1. The molecular weight excluding hydrogens is 372 g/mol. The van der Waals surface area contributed by atoms with Crippen molar-refractivity contribution >= 4 is 39.5 Å². The second kappa shape index (κ2) is 8.43. The Hall–Kier alpha value is -1.21. The highest BCUT2D eigenvalue weighted by molar-refractivity contribution is 9.12. The molecule has 0 atom stereocenters. The number of hydrogen-bond donors (Lipinski definition) is 3. The van der Waals surface area contributed by atoms with Crippen LogP contribution < -0.4 is 16.4 Å². The number of halogens is 2. The fourth-order valence-electron chi connectivity index (χ4n) is 1.24. The number of hydrogen-bond acceptors (Lipinski definition) is 4. The molecule has 0 saturated carbocycles. The van der Waals surface area contributed by atoms with Gasteiger partial charge in [0.05, 0.1) is 15.2 Å². The maximum Gasteiger partial charge on any atom is 0.407 e. The van der Waals surface area contributed by atoms with Crippen molar-refractivity contribution in [3.63, 3.8) is 0 Å². The monoisotopic (exact) mass is 394 g/mol. The van der Waals surface area contributed by atoms with E-state index in [1.165, 1.54) is 6.20 Å². The Morgan fingerprint density at radius 2 is 1.95 bits per heavy atom. The van der Waals surface area contributed by atoms with Crippen LogP contribution >= 0.6 is 27.5 Å². The van der Waals surface area contributed by atoms with E-state index in [2.05, 4.69) is 38.1 Å². The van der Waals surface area contributed by atoms with Gasteiger partial charge in [0.15, 0.2) is 0 Å². The first-order chi connectivity index (χ1) is 9.82. The van der Waals surface area contributed by atoms with Crippen LogP contribution in [0.25, 0.3) is 0 Å². The molecule has 0 aromatic heterocycles. The third kappa shape index (κ3) is 10.5. The largest absolute Gasteiger partial charge is 0.444 e. The first-order valence-electron chi connectivity index (χ1n) is 6.61. The van der Waals surface area contributed by atoms with E-state index in [1.807, 2.05) is 13.8 Å². The standard InChI is InChI=1S/C14H24BrClN4O2/c1-9(16)18-7-10(15)11(17)20-14(5,6)8-19-12(21)22-13(2,3)4/h7,18H,1,8H2,2-6H3,(H2,17,20)(H,19,21). The van der Waals surface area contributed by atoms with Gasteiger partial charge in [-0.2, -0.15) is 0 Å². The lowest BCUT2D eigenvalue weighted by Crippen LogP contribution is -2.41. The molecule has 0 rings (SSSR count). The van der Waals surface area contributed by atoms with E-state index in [1.54, 1.807) is 20.8 Å². The highest BCUT2D eigenvalue weighted by Gasteiger charge is 2.21. The second-order valence-corrected chi connectivity index (χ2v) is 7.52. The molecule has 4 N–H and O–H groups in total. The van der Waals surface area contributed by atoms with E-state index >= 15 is 0 Å². The van der Waals surface area contributed by atoms with E-state index in [0.29, 0.717) is 4.48 Å². The number of carbonyl (C=O) groups is 1. The fourth-order valence-corrected chi connectivity index (χ4v) is 1.49. The number of amides is 1. The molecule has 6 nitrogen and oxygen atoms in total. The van der Waals surface area contributed by atoms with Gasteiger partial charge in [0, 0.05) is 12.7 Å². The van der Waals surface area contributed by atoms with Crippen molar-refractivity contribution < 1.29 is 9.53 Å². The van der Waals surface area contributed by atoms with Gasteiger partial charge in [0.25, 0.3) is 0 Å². The van der Waals surface area contributed by atoms with Crippen LogP contribution in [0.1, 0.15) is 34.6 Å². The van der Waals surface area contributed by atoms with Gasteiger partial charge in [-0.15, -0.1) is 0 Å². The predicted octanol–water partition coefficient (Wildman–Crippen LogP) is 3.18. The lowest BCUT2D eigenvalue weighted by molar-refractivity contribution is 0.0518. The third-order valence-corrected chi connectivity index (χ3v) is 2.83.